The van der Waals surface area contributed by atoms with Crippen LogP contribution in [-0.4, -0.2) is 13.5 Å². The summed E-state index contributed by atoms with van der Waals surface area (Å²) >= 11 is 0. The predicted molar refractivity (Wildman–Crippen MR) is 82.9 cm³/mol. The number of phenolic OH excluding ortho intramolecular Hbond substituents is 1. The summed E-state index contributed by atoms with van der Waals surface area (Å²) in [5.74, 6) is 0.0275. The second-order valence-electron chi connectivity index (χ2n) is 4.66. The zero-order valence-electron chi connectivity index (χ0n) is 11.0. The van der Waals surface area contributed by atoms with E-state index in [1.165, 1.54) is 24.3 Å². The molecule has 0 aliphatic carbocycles. The molecule has 0 aliphatic rings. The topological polar surface area (TPSA) is 66.4 Å². The Morgan fingerprint density at radius 2 is 1.48 bits per heavy atom. The lowest BCUT2D eigenvalue weighted by atomic mass is 10.1. The maximum atomic E-state index is 12.3. The Labute approximate surface area is 122 Å². The van der Waals surface area contributed by atoms with Gasteiger partial charge in [0, 0.05) is 5.69 Å². The van der Waals surface area contributed by atoms with Gasteiger partial charge in [0.2, 0.25) is 0 Å². The van der Waals surface area contributed by atoms with Crippen molar-refractivity contribution in [1.82, 2.24) is 0 Å². The maximum Gasteiger partial charge on any atom is 0.261 e. The molecule has 3 rings (SSSR count). The minimum absolute atomic E-state index is 0.0275. The van der Waals surface area contributed by atoms with E-state index in [0.717, 1.165) is 10.8 Å². The van der Waals surface area contributed by atoms with Crippen LogP contribution < -0.4 is 4.72 Å². The molecule has 3 aromatic carbocycles. The SMILES string of the molecule is O=S(=O)(Nc1ccc2ccccc2c1)c1ccc(O)cc1. The molecule has 106 valence electrons. The molecule has 3 aromatic rings. The van der Waals surface area contributed by atoms with Crippen LogP contribution >= 0.6 is 0 Å². The lowest BCUT2D eigenvalue weighted by Gasteiger charge is -2.09. The Morgan fingerprint density at radius 3 is 2.19 bits per heavy atom. The number of aromatic hydroxyl groups is 1. The molecule has 0 saturated heterocycles. The molecule has 21 heavy (non-hydrogen) atoms. The summed E-state index contributed by atoms with van der Waals surface area (Å²) < 4.78 is 27.0. The molecule has 4 nitrogen and oxygen atoms in total. The Morgan fingerprint density at radius 1 is 0.810 bits per heavy atom. The van der Waals surface area contributed by atoms with Gasteiger partial charge in [0.25, 0.3) is 10.0 Å². The Bertz CT molecular complexity index is 887. The molecule has 0 unspecified atom stereocenters. The summed E-state index contributed by atoms with van der Waals surface area (Å²) in [6, 6.07) is 18.5. The van der Waals surface area contributed by atoms with Crippen LogP contribution in [0.2, 0.25) is 0 Å². The van der Waals surface area contributed by atoms with Crippen LogP contribution in [0.3, 0.4) is 0 Å². The van der Waals surface area contributed by atoms with E-state index in [0.29, 0.717) is 5.69 Å². The second-order valence-corrected chi connectivity index (χ2v) is 6.34. The molecule has 2 N–H and O–H groups in total. The minimum atomic E-state index is -3.66. The van der Waals surface area contributed by atoms with Gasteiger partial charge in [-0.2, -0.15) is 0 Å². The highest BCUT2D eigenvalue weighted by atomic mass is 32.2. The van der Waals surface area contributed by atoms with Crippen molar-refractivity contribution >= 4 is 26.5 Å². The highest BCUT2D eigenvalue weighted by molar-refractivity contribution is 7.92. The van der Waals surface area contributed by atoms with Crippen LogP contribution in [0.5, 0.6) is 5.75 Å². The van der Waals surface area contributed by atoms with Crippen LogP contribution in [0.25, 0.3) is 10.8 Å². The molecule has 0 saturated carbocycles. The van der Waals surface area contributed by atoms with E-state index in [-0.39, 0.29) is 10.6 Å². The number of rotatable bonds is 3. The lowest BCUT2D eigenvalue weighted by Crippen LogP contribution is -2.12. The van der Waals surface area contributed by atoms with Crippen molar-refractivity contribution in [1.29, 1.82) is 0 Å². The molecule has 0 fully saturated rings. The van der Waals surface area contributed by atoms with Gasteiger partial charge in [-0.1, -0.05) is 30.3 Å². The number of fused-ring (bicyclic) bond motifs is 1. The van der Waals surface area contributed by atoms with E-state index in [9.17, 15) is 13.5 Å². The molecule has 0 aliphatic heterocycles. The molecular formula is C16H13NO3S. The van der Waals surface area contributed by atoms with Crippen molar-refractivity contribution in [3.8, 4) is 5.75 Å². The summed E-state index contributed by atoms with van der Waals surface area (Å²) in [7, 11) is -3.66. The summed E-state index contributed by atoms with van der Waals surface area (Å²) in [5.41, 5.74) is 0.502. The number of hydrogen-bond donors (Lipinski definition) is 2. The zero-order valence-corrected chi connectivity index (χ0v) is 11.8. The van der Waals surface area contributed by atoms with E-state index in [4.69, 9.17) is 0 Å². The number of anilines is 1. The predicted octanol–water partition coefficient (Wildman–Crippen LogP) is 3.35. The van der Waals surface area contributed by atoms with E-state index in [2.05, 4.69) is 4.72 Å². The third-order valence-corrected chi connectivity index (χ3v) is 4.55. The standard InChI is InChI=1S/C16H13NO3S/c18-15-7-9-16(10-8-15)21(19,20)17-14-6-5-12-3-1-2-4-13(12)11-14/h1-11,17-18H. The molecule has 0 atom stereocenters. The van der Waals surface area contributed by atoms with Crippen LogP contribution in [-0.2, 0) is 10.0 Å². The van der Waals surface area contributed by atoms with Crippen LogP contribution in [0.1, 0.15) is 0 Å². The van der Waals surface area contributed by atoms with Crippen molar-refractivity contribution in [3.05, 3.63) is 66.7 Å². The lowest BCUT2D eigenvalue weighted by molar-refractivity contribution is 0.475. The fourth-order valence-electron chi connectivity index (χ4n) is 2.09. The van der Waals surface area contributed by atoms with Crippen molar-refractivity contribution in [2.45, 2.75) is 4.90 Å². The van der Waals surface area contributed by atoms with Gasteiger partial charge >= 0.3 is 0 Å². The van der Waals surface area contributed by atoms with Crippen LogP contribution in [0, 0.1) is 0 Å². The first kappa shape index (κ1) is 13.5. The second kappa shape index (κ2) is 5.10. The van der Waals surface area contributed by atoms with Crippen molar-refractivity contribution in [3.63, 3.8) is 0 Å². The van der Waals surface area contributed by atoms with Gasteiger partial charge in [-0.25, -0.2) is 8.42 Å². The molecular weight excluding hydrogens is 286 g/mol. The fraction of sp³-hybridized carbons (Fsp3) is 0. The number of benzene rings is 3. The third-order valence-electron chi connectivity index (χ3n) is 3.15. The first-order chi connectivity index (χ1) is 10.0. The normalized spacial score (nSPS) is 11.4. The van der Waals surface area contributed by atoms with Crippen molar-refractivity contribution in [2.24, 2.45) is 0 Å². The third kappa shape index (κ3) is 2.83. The Hall–Kier alpha value is -2.53. The highest BCUT2D eigenvalue weighted by Gasteiger charge is 2.14. The monoisotopic (exact) mass is 299 g/mol. The summed E-state index contributed by atoms with van der Waals surface area (Å²) in [5, 5.41) is 11.2. The maximum absolute atomic E-state index is 12.3. The van der Waals surface area contributed by atoms with Crippen LogP contribution in [0.15, 0.2) is 71.6 Å². The number of phenols is 1. The molecule has 0 amide bonds. The fourth-order valence-corrected chi connectivity index (χ4v) is 3.14. The van der Waals surface area contributed by atoms with Crippen LogP contribution in [0.4, 0.5) is 5.69 Å². The minimum Gasteiger partial charge on any atom is -0.508 e. The quantitative estimate of drug-likeness (QED) is 0.779. The summed E-state index contributed by atoms with van der Waals surface area (Å²) in [4.78, 5) is 0.105. The van der Waals surface area contributed by atoms with Gasteiger partial charge in [0.1, 0.15) is 5.75 Å². The number of nitrogens with one attached hydrogen (secondary N) is 1. The van der Waals surface area contributed by atoms with Crippen molar-refractivity contribution in [2.75, 3.05) is 4.72 Å². The molecule has 0 aromatic heterocycles. The highest BCUT2D eigenvalue weighted by Crippen LogP contribution is 2.22. The Balaban J connectivity index is 1.95. The molecule has 0 bridgehead atoms. The van der Waals surface area contributed by atoms with Crippen molar-refractivity contribution < 1.29 is 13.5 Å². The van der Waals surface area contributed by atoms with Gasteiger partial charge in [0.15, 0.2) is 0 Å². The summed E-state index contributed by atoms with van der Waals surface area (Å²) in [6.07, 6.45) is 0. The smallest absolute Gasteiger partial charge is 0.261 e. The van der Waals surface area contributed by atoms with E-state index in [1.54, 1.807) is 12.1 Å². The molecule has 0 heterocycles. The average Bonchev–Trinajstić information content (AvgIpc) is 2.47. The molecule has 0 radical (unpaired) electrons. The first-order valence-electron chi connectivity index (χ1n) is 6.35. The van der Waals surface area contributed by atoms with E-state index >= 15 is 0 Å². The Kier molecular flexibility index (Phi) is 3.27. The van der Waals surface area contributed by atoms with Gasteiger partial charge in [-0.15, -0.1) is 0 Å². The van der Waals surface area contributed by atoms with E-state index < -0.39 is 10.0 Å². The largest absolute Gasteiger partial charge is 0.508 e. The summed E-state index contributed by atoms with van der Waals surface area (Å²) in [6.45, 7) is 0. The van der Waals surface area contributed by atoms with Gasteiger partial charge in [-0.3, -0.25) is 4.72 Å². The first-order valence-corrected chi connectivity index (χ1v) is 7.84. The molecule has 5 heteroatoms. The van der Waals surface area contributed by atoms with Gasteiger partial charge in [-0.05, 0) is 47.2 Å². The average molecular weight is 299 g/mol. The van der Waals surface area contributed by atoms with E-state index in [1.807, 2.05) is 30.3 Å². The number of hydrogen-bond acceptors (Lipinski definition) is 3. The zero-order chi connectivity index (χ0) is 14.9. The number of sulfonamides is 1. The van der Waals surface area contributed by atoms with Gasteiger partial charge in [0.05, 0.1) is 4.90 Å². The molecule has 0 spiro atoms. The van der Waals surface area contributed by atoms with Gasteiger partial charge < -0.3 is 5.11 Å².